The van der Waals surface area contributed by atoms with Crippen LogP contribution in [-0.4, -0.2) is 10.1 Å². The van der Waals surface area contributed by atoms with Crippen molar-refractivity contribution >= 4 is 0 Å². The van der Waals surface area contributed by atoms with E-state index in [1.807, 2.05) is 0 Å². The molecule has 0 unspecified atom stereocenters. The molecule has 3 heteroatoms. The molecule has 0 N–H and O–H groups in total. The molecule has 1 aromatic rings. The Kier molecular flexibility index (Phi) is 6.89. The van der Waals surface area contributed by atoms with Crippen molar-refractivity contribution in [2.24, 2.45) is 0 Å². The number of rotatable bonds is 9. The standard InChI is InChI=1S/C18H34N2O/c1-7-9-11-13-18(6,14-12-10-8-2)16-19-15(20-21-16)17(3,4)5/h7-14H2,1-6H3. The van der Waals surface area contributed by atoms with E-state index in [1.54, 1.807) is 0 Å². The van der Waals surface area contributed by atoms with E-state index in [-0.39, 0.29) is 10.8 Å². The van der Waals surface area contributed by atoms with Gasteiger partial charge in [-0.05, 0) is 12.8 Å². The van der Waals surface area contributed by atoms with Crippen LogP contribution in [0.25, 0.3) is 0 Å². The Morgan fingerprint density at radius 3 is 1.76 bits per heavy atom. The van der Waals surface area contributed by atoms with Crippen LogP contribution in [-0.2, 0) is 10.8 Å². The third kappa shape index (κ3) is 5.44. The number of nitrogens with zero attached hydrogens (tertiary/aromatic N) is 2. The molecule has 0 fully saturated rings. The van der Waals surface area contributed by atoms with Crippen LogP contribution in [0.5, 0.6) is 0 Å². The third-order valence-corrected chi connectivity index (χ3v) is 4.28. The summed E-state index contributed by atoms with van der Waals surface area (Å²) in [5.41, 5.74) is -0.00363. The molecular weight excluding hydrogens is 260 g/mol. The molecule has 0 amide bonds. The van der Waals surface area contributed by atoms with Gasteiger partial charge in [0.25, 0.3) is 0 Å². The quantitative estimate of drug-likeness (QED) is 0.541. The van der Waals surface area contributed by atoms with Crippen molar-refractivity contribution in [3.8, 4) is 0 Å². The summed E-state index contributed by atoms with van der Waals surface area (Å²) in [4.78, 5) is 4.73. The smallest absolute Gasteiger partial charge is 0.232 e. The Hall–Kier alpha value is -0.860. The fourth-order valence-corrected chi connectivity index (χ4v) is 2.64. The van der Waals surface area contributed by atoms with Gasteiger partial charge in [-0.15, -0.1) is 0 Å². The van der Waals surface area contributed by atoms with Crippen LogP contribution in [0, 0.1) is 0 Å². The molecule has 0 aliphatic carbocycles. The lowest BCUT2D eigenvalue weighted by atomic mass is 9.79. The van der Waals surface area contributed by atoms with Crippen LogP contribution >= 0.6 is 0 Å². The van der Waals surface area contributed by atoms with Crippen molar-refractivity contribution in [1.82, 2.24) is 10.1 Å². The van der Waals surface area contributed by atoms with Gasteiger partial charge in [0.2, 0.25) is 5.89 Å². The Morgan fingerprint density at radius 1 is 0.857 bits per heavy atom. The van der Waals surface area contributed by atoms with Crippen molar-refractivity contribution in [1.29, 1.82) is 0 Å². The van der Waals surface area contributed by atoms with Crippen LogP contribution in [0.15, 0.2) is 4.52 Å². The van der Waals surface area contributed by atoms with Crippen LogP contribution < -0.4 is 0 Å². The van der Waals surface area contributed by atoms with E-state index in [9.17, 15) is 0 Å². The number of unbranched alkanes of at least 4 members (excludes halogenated alkanes) is 4. The lowest BCUT2D eigenvalue weighted by molar-refractivity contribution is 0.253. The van der Waals surface area contributed by atoms with Crippen LogP contribution in [0.4, 0.5) is 0 Å². The minimum atomic E-state index is -0.0461. The Morgan fingerprint density at radius 2 is 1.38 bits per heavy atom. The highest BCUT2D eigenvalue weighted by Crippen LogP contribution is 2.35. The normalized spacial score (nSPS) is 12.9. The first kappa shape index (κ1) is 18.2. The molecule has 0 bridgehead atoms. The summed E-state index contributed by atoms with van der Waals surface area (Å²) >= 11 is 0. The predicted octanol–water partition coefficient (Wildman–Crippen LogP) is 5.79. The summed E-state index contributed by atoms with van der Waals surface area (Å²) in [5.74, 6) is 1.68. The lowest BCUT2D eigenvalue weighted by Crippen LogP contribution is -2.23. The summed E-state index contributed by atoms with van der Waals surface area (Å²) in [6, 6.07) is 0. The molecule has 0 saturated heterocycles. The minimum absolute atomic E-state index is 0.0425. The molecule has 1 heterocycles. The number of hydrogen-bond donors (Lipinski definition) is 0. The summed E-state index contributed by atoms with van der Waals surface area (Å²) in [7, 11) is 0. The highest BCUT2D eigenvalue weighted by Gasteiger charge is 2.33. The van der Waals surface area contributed by atoms with Gasteiger partial charge in [0.15, 0.2) is 5.82 Å². The zero-order chi connectivity index (χ0) is 15.9. The maximum absolute atomic E-state index is 5.66. The predicted molar refractivity (Wildman–Crippen MR) is 88.6 cm³/mol. The molecule has 0 saturated carbocycles. The van der Waals surface area contributed by atoms with Crippen LogP contribution in [0.1, 0.15) is 105 Å². The Bertz CT molecular complexity index is 394. The molecule has 0 aliphatic heterocycles. The maximum Gasteiger partial charge on any atom is 0.232 e. The topological polar surface area (TPSA) is 38.9 Å². The molecule has 0 atom stereocenters. The molecule has 0 spiro atoms. The van der Waals surface area contributed by atoms with Crippen molar-refractivity contribution in [3.63, 3.8) is 0 Å². The van der Waals surface area contributed by atoms with Crippen molar-refractivity contribution < 1.29 is 4.52 Å². The lowest BCUT2D eigenvalue weighted by Gasteiger charge is -2.25. The number of aromatic nitrogens is 2. The van der Waals surface area contributed by atoms with E-state index in [0.29, 0.717) is 0 Å². The van der Waals surface area contributed by atoms with E-state index in [4.69, 9.17) is 9.51 Å². The molecule has 0 aliphatic rings. The second kappa shape index (κ2) is 7.95. The fourth-order valence-electron chi connectivity index (χ4n) is 2.64. The van der Waals surface area contributed by atoms with Crippen LogP contribution in [0.3, 0.4) is 0 Å². The van der Waals surface area contributed by atoms with Crippen molar-refractivity contribution in [2.45, 2.75) is 104 Å². The fraction of sp³-hybridized carbons (Fsp3) is 0.889. The van der Waals surface area contributed by atoms with E-state index < -0.39 is 0 Å². The molecule has 1 aromatic heterocycles. The second-order valence-electron chi connectivity index (χ2n) is 7.65. The van der Waals surface area contributed by atoms with Gasteiger partial charge < -0.3 is 4.52 Å². The van der Waals surface area contributed by atoms with Gasteiger partial charge in [-0.1, -0.05) is 85.2 Å². The second-order valence-corrected chi connectivity index (χ2v) is 7.65. The minimum Gasteiger partial charge on any atom is -0.339 e. The summed E-state index contributed by atoms with van der Waals surface area (Å²) in [6.07, 6.45) is 9.85. The van der Waals surface area contributed by atoms with Gasteiger partial charge in [0.1, 0.15) is 0 Å². The highest BCUT2D eigenvalue weighted by atomic mass is 16.5. The van der Waals surface area contributed by atoms with Crippen molar-refractivity contribution in [2.75, 3.05) is 0 Å². The zero-order valence-corrected chi connectivity index (χ0v) is 15.0. The van der Waals surface area contributed by atoms with E-state index in [1.165, 1.54) is 38.5 Å². The molecule has 1 rings (SSSR count). The molecule has 21 heavy (non-hydrogen) atoms. The summed E-state index contributed by atoms with van der Waals surface area (Å²) in [5, 5.41) is 4.22. The average molecular weight is 294 g/mol. The van der Waals surface area contributed by atoms with Gasteiger partial charge in [-0.25, -0.2) is 0 Å². The maximum atomic E-state index is 5.66. The monoisotopic (exact) mass is 294 g/mol. The van der Waals surface area contributed by atoms with E-state index in [0.717, 1.165) is 24.6 Å². The molecule has 0 radical (unpaired) electrons. The largest absolute Gasteiger partial charge is 0.339 e. The first-order valence-electron chi connectivity index (χ1n) is 8.68. The van der Waals surface area contributed by atoms with Crippen molar-refractivity contribution in [3.05, 3.63) is 11.7 Å². The van der Waals surface area contributed by atoms with E-state index >= 15 is 0 Å². The first-order chi connectivity index (χ1) is 9.83. The van der Waals surface area contributed by atoms with Gasteiger partial charge in [-0.3, -0.25) is 0 Å². The summed E-state index contributed by atoms with van der Waals surface area (Å²) in [6.45, 7) is 13.2. The average Bonchev–Trinajstić information content (AvgIpc) is 2.89. The highest BCUT2D eigenvalue weighted by molar-refractivity contribution is 5.07. The third-order valence-electron chi connectivity index (χ3n) is 4.28. The molecular formula is C18H34N2O. The molecule has 0 aromatic carbocycles. The molecule has 3 nitrogen and oxygen atoms in total. The number of hydrogen-bond acceptors (Lipinski definition) is 3. The first-order valence-corrected chi connectivity index (χ1v) is 8.68. The Labute approximate surface area is 130 Å². The Balaban J connectivity index is 2.85. The van der Waals surface area contributed by atoms with Gasteiger partial charge in [-0.2, -0.15) is 4.98 Å². The SMILES string of the molecule is CCCCCC(C)(CCCCC)c1nc(C(C)(C)C)no1. The zero-order valence-electron chi connectivity index (χ0n) is 15.0. The van der Waals surface area contributed by atoms with Gasteiger partial charge in [0, 0.05) is 10.8 Å². The van der Waals surface area contributed by atoms with Gasteiger partial charge >= 0.3 is 0 Å². The van der Waals surface area contributed by atoms with Crippen LogP contribution in [0.2, 0.25) is 0 Å². The summed E-state index contributed by atoms with van der Waals surface area (Å²) < 4.78 is 5.66. The van der Waals surface area contributed by atoms with E-state index in [2.05, 4.69) is 46.7 Å². The molecule has 122 valence electrons. The van der Waals surface area contributed by atoms with Gasteiger partial charge in [0.05, 0.1) is 0 Å².